The topological polar surface area (TPSA) is 83.5 Å². The SMILES string of the molecule is C[C@]1(c2ccc(Cl)cc2Cl)OC[C@@H](COc2ccc(N3CCN(NC(=O)CCc4ccc(O)cc4)CC3)cc2)O1. The maximum Gasteiger partial charge on any atom is 0.234 e. The summed E-state index contributed by atoms with van der Waals surface area (Å²) in [5.74, 6) is 0.0289. The summed E-state index contributed by atoms with van der Waals surface area (Å²) >= 11 is 12.4. The molecule has 3 aromatic rings. The van der Waals surface area contributed by atoms with Gasteiger partial charge < -0.3 is 24.2 Å². The Bertz CT molecular complexity index is 1300. The van der Waals surface area contributed by atoms with Crippen molar-refractivity contribution in [2.24, 2.45) is 0 Å². The molecule has 2 fully saturated rings. The third kappa shape index (κ3) is 7.19. The van der Waals surface area contributed by atoms with E-state index in [0.29, 0.717) is 36.1 Å². The molecule has 2 aliphatic rings. The van der Waals surface area contributed by atoms with Crippen LogP contribution in [0.25, 0.3) is 0 Å². The van der Waals surface area contributed by atoms with Crippen LogP contribution in [0.3, 0.4) is 0 Å². The Morgan fingerprint density at radius 3 is 2.48 bits per heavy atom. The normalized spacial score (nSPS) is 21.4. The fourth-order valence-electron chi connectivity index (χ4n) is 4.89. The van der Waals surface area contributed by atoms with Crippen molar-refractivity contribution in [3.63, 3.8) is 0 Å². The van der Waals surface area contributed by atoms with Crippen molar-refractivity contribution < 1.29 is 24.1 Å². The van der Waals surface area contributed by atoms with E-state index in [2.05, 4.69) is 10.3 Å². The number of nitrogens with zero attached hydrogens (tertiary/aromatic N) is 2. The Kier molecular flexibility index (Phi) is 9.03. The predicted molar refractivity (Wildman–Crippen MR) is 155 cm³/mol. The Morgan fingerprint density at radius 2 is 1.77 bits per heavy atom. The van der Waals surface area contributed by atoms with Gasteiger partial charge in [0.1, 0.15) is 24.2 Å². The zero-order chi connectivity index (χ0) is 28.1. The molecule has 5 rings (SSSR count). The standard InChI is InChI=1S/C30H33Cl2N3O5/c1-30(27-12-5-22(31)18-28(27)32)39-20-26(40-30)19-38-25-10-6-23(7-11-25)34-14-16-35(17-15-34)33-29(37)13-4-21-2-8-24(36)9-3-21/h2-3,5-12,18,26,36H,4,13-17,19-20H2,1H3,(H,33,37)/t26-,30+/m1/s1. The molecule has 0 radical (unpaired) electrons. The van der Waals surface area contributed by atoms with Crippen LogP contribution in [-0.2, 0) is 26.5 Å². The van der Waals surface area contributed by atoms with E-state index in [1.165, 1.54) is 0 Å². The number of anilines is 1. The monoisotopic (exact) mass is 585 g/mol. The number of phenolic OH excluding ortho intramolecular Hbond substituents is 1. The number of aromatic hydroxyl groups is 1. The third-order valence-corrected chi connectivity index (χ3v) is 7.68. The van der Waals surface area contributed by atoms with Crippen molar-refractivity contribution in [2.75, 3.05) is 44.3 Å². The highest BCUT2D eigenvalue weighted by Gasteiger charge is 2.40. The summed E-state index contributed by atoms with van der Waals surface area (Å²) in [6.07, 6.45) is 0.801. The summed E-state index contributed by atoms with van der Waals surface area (Å²) in [6.45, 7) is 5.67. The molecule has 0 aliphatic carbocycles. The van der Waals surface area contributed by atoms with Gasteiger partial charge in [0.2, 0.25) is 5.91 Å². The van der Waals surface area contributed by atoms with Crippen molar-refractivity contribution in [3.8, 4) is 11.5 Å². The molecule has 212 valence electrons. The maximum atomic E-state index is 12.4. The van der Waals surface area contributed by atoms with Crippen LogP contribution in [0.1, 0.15) is 24.5 Å². The van der Waals surface area contributed by atoms with Gasteiger partial charge in [0, 0.05) is 48.9 Å². The first kappa shape index (κ1) is 28.5. The molecule has 8 nitrogen and oxygen atoms in total. The van der Waals surface area contributed by atoms with E-state index in [0.717, 1.165) is 48.7 Å². The van der Waals surface area contributed by atoms with E-state index < -0.39 is 5.79 Å². The lowest BCUT2D eigenvalue weighted by Gasteiger charge is -2.36. The molecule has 2 saturated heterocycles. The minimum Gasteiger partial charge on any atom is -0.508 e. The van der Waals surface area contributed by atoms with E-state index in [9.17, 15) is 9.90 Å². The second-order valence-electron chi connectivity index (χ2n) is 10.1. The first-order chi connectivity index (χ1) is 19.3. The molecule has 2 N–H and O–H groups in total. The second-order valence-corrected chi connectivity index (χ2v) is 10.9. The average molecular weight is 587 g/mol. The van der Waals surface area contributed by atoms with Gasteiger partial charge in [0.15, 0.2) is 5.79 Å². The summed E-state index contributed by atoms with van der Waals surface area (Å²) in [4.78, 5) is 14.7. The Morgan fingerprint density at radius 1 is 1.05 bits per heavy atom. The smallest absolute Gasteiger partial charge is 0.234 e. The highest BCUT2D eigenvalue weighted by Crippen LogP contribution is 2.38. The van der Waals surface area contributed by atoms with E-state index >= 15 is 0 Å². The van der Waals surface area contributed by atoms with Crippen LogP contribution in [0.2, 0.25) is 10.0 Å². The number of rotatable bonds is 9. The number of hydrogen-bond acceptors (Lipinski definition) is 7. The van der Waals surface area contributed by atoms with E-state index in [4.69, 9.17) is 37.4 Å². The number of piperazine rings is 1. The summed E-state index contributed by atoms with van der Waals surface area (Å²) in [5.41, 5.74) is 5.88. The molecule has 0 spiro atoms. The van der Waals surface area contributed by atoms with Crippen LogP contribution in [0.5, 0.6) is 11.5 Å². The largest absolute Gasteiger partial charge is 0.508 e. The number of aryl methyl sites for hydroxylation is 1. The molecule has 40 heavy (non-hydrogen) atoms. The lowest BCUT2D eigenvalue weighted by atomic mass is 10.1. The number of hydrogen-bond donors (Lipinski definition) is 2. The number of ether oxygens (including phenoxy) is 3. The molecular formula is C30H33Cl2N3O5. The Hall–Kier alpha value is -3.01. The van der Waals surface area contributed by atoms with Crippen LogP contribution in [0.15, 0.2) is 66.7 Å². The molecule has 2 aliphatic heterocycles. The number of halogens is 2. The zero-order valence-corrected chi connectivity index (χ0v) is 23.8. The van der Waals surface area contributed by atoms with E-state index in [1.807, 2.05) is 54.4 Å². The second kappa shape index (κ2) is 12.7. The minimum absolute atomic E-state index is 0.00348. The van der Waals surface area contributed by atoms with Crippen LogP contribution in [-0.4, -0.2) is 61.5 Å². The number of hydrazine groups is 1. The Labute approximate surface area is 244 Å². The van der Waals surface area contributed by atoms with Crippen molar-refractivity contribution >= 4 is 34.8 Å². The maximum absolute atomic E-state index is 12.4. The van der Waals surface area contributed by atoms with Gasteiger partial charge >= 0.3 is 0 Å². The number of nitrogens with one attached hydrogen (secondary N) is 1. The van der Waals surface area contributed by atoms with Crippen molar-refractivity contribution in [1.29, 1.82) is 0 Å². The van der Waals surface area contributed by atoms with Gasteiger partial charge in [0.25, 0.3) is 0 Å². The number of benzene rings is 3. The van der Waals surface area contributed by atoms with Gasteiger partial charge in [-0.3, -0.25) is 10.2 Å². The van der Waals surface area contributed by atoms with Crippen LogP contribution in [0, 0.1) is 0 Å². The Balaban J connectivity index is 1.03. The van der Waals surface area contributed by atoms with Gasteiger partial charge in [-0.25, -0.2) is 5.01 Å². The highest BCUT2D eigenvalue weighted by atomic mass is 35.5. The van der Waals surface area contributed by atoms with Gasteiger partial charge in [-0.05, 0) is 67.4 Å². The lowest BCUT2D eigenvalue weighted by Crippen LogP contribution is -2.53. The van der Waals surface area contributed by atoms with Gasteiger partial charge in [-0.15, -0.1) is 0 Å². The summed E-state index contributed by atoms with van der Waals surface area (Å²) < 4.78 is 18.1. The fraction of sp³-hybridized carbons (Fsp3) is 0.367. The van der Waals surface area contributed by atoms with Gasteiger partial charge in [0.05, 0.1) is 11.6 Å². The van der Waals surface area contributed by atoms with Gasteiger partial charge in [-0.2, -0.15) is 0 Å². The molecule has 10 heteroatoms. The highest BCUT2D eigenvalue weighted by molar-refractivity contribution is 6.35. The van der Waals surface area contributed by atoms with E-state index in [-0.39, 0.29) is 17.8 Å². The number of carbonyl (C=O) groups excluding carboxylic acids is 1. The van der Waals surface area contributed by atoms with Crippen LogP contribution >= 0.6 is 23.2 Å². The number of carbonyl (C=O) groups is 1. The summed E-state index contributed by atoms with van der Waals surface area (Å²) in [5, 5.41) is 12.4. The quantitative estimate of drug-likeness (QED) is 0.359. The first-order valence-electron chi connectivity index (χ1n) is 13.3. The van der Waals surface area contributed by atoms with Crippen LogP contribution in [0.4, 0.5) is 5.69 Å². The predicted octanol–water partition coefficient (Wildman–Crippen LogP) is 5.15. The first-order valence-corrected chi connectivity index (χ1v) is 14.1. The zero-order valence-electron chi connectivity index (χ0n) is 22.3. The third-order valence-electron chi connectivity index (χ3n) is 7.13. The molecule has 0 bridgehead atoms. The van der Waals surface area contributed by atoms with Crippen molar-refractivity contribution in [2.45, 2.75) is 31.7 Å². The molecule has 2 heterocycles. The molecule has 0 saturated carbocycles. The molecule has 0 aromatic heterocycles. The van der Waals surface area contributed by atoms with Crippen molar-refractivity contribution in [1.82, 2.24) is 10.4 Å². The molecule has 1 amide bonds. The van der Waals surface area contributed by atoms with E-state index in [1.54, 1.807) is 24.3 Å². The molecule has 0 unspecified atom stereocenters. The molecular weight excluding hydrogens is 553 g/mol. The average Bonchev–Trinajstić information content (AvgIpc) is 3.34. The van der Waals surface area contributed by atoms with Crippen LogP contribution < -0.4 is 15.1 Å². The fourth-order valence-corrected chi connectivity index (χ4v) is 5.47. The van der Waals surface area contributed by atoms with Gasteiger partial charge in [-0.1, -0.05) is 41.4 Å². The molecule has 2 atom stereocenters. The number of amides is 1. The molecule has 3 aromatic carbocycles. The lowest BCUT2D eigenvalue weighted by molar-refractivity contribution is -0.164. The summed E-state index contributed by atoms with van der Waals surface area (Å²) in [6, 6.07) is 20.2. The summed E-state index contributed by atoms with van der Waals surface area (Å²) in [7, 11) is 0. The minimum atomic E-state index is -0.950. The van der Waals surface area contributed by atoms with Crippen molar-refractivity contribution in [3.05, 3.63) is 87.9 Å². The number of phenols is 1.